The maximum Gasteiger partial charge on any atom is 0.418 e. The molecule has 2 aliphatic rings. The number of carbonyl (C=O) groups is 2. The SMILES string of the molecule is CC(C)(C)OC(=O)C(OC(=O)C(O[C]=O)C1c2ccccc2-c2ccccc21)C1c2ccccc2-c2ccccc21. The molecule has 0 saturated heterocycles. The third-order valence-corrected chi connectivity index (χ3v) is 7.66. The van der Waals surface area contributed by atoms with Gasteiger partial charge in [-0.15, -0.1) is 0 Å². The predicted octanol–water partition coefficient (Wildman–Crippen LogP) is 6.32. The number of hydrogen-bond acceptors (Lipinski definition) is 6. The van der Waals surface area contributed by atoms with E-state index in [0.717, 1.165) is 44.5 Å². The van der Waals surface area contributed by atoms with Gasteiger partial charge in [-0.1, -0.05) is 97.1 Å². The standard InChI is InChI=1S/C35H29O6/c1-35(2,3)41-34(38)32(30-27-18-10-6-14-23(27)24-15-7-11-19-28(24)30)40-33(37)31(39-20-36)29-25-16-8-4-12-21(25)22-13-5-9-17-26(22)29/h4-19,29-32H,1-3H3. The Morgan fingerprint density at radius 2 is 0.976 bits per heavy atom. The Balaban J connectivity index is 1.42. The first kappa shape index (κ1) is 26.5. The van der Waals surface area contributed by atoms with E-state index in [-0.39, 0.29) is 0 Å². The Bertz CT molecular complexity index is 1560. The fraction of sp³-hybridized carbons (Fsp3) is 0.229. The van der Waals surface area contributed by atoms with Gasteiger partial charge in [-0.05, 0) is 65.3 Å². The maximum absolute atomic E-state index is 14.1. The molecule has 205 valence electrons. The number of hydrogen-bond donors (Lipinski definition) is 0. The summed E-state index contributed by atoms with van der Waals surface area (Å²) in [5.74, 6) is -2.75. The molecule has 4 aromatic carbocycles. The van der Waals surface area contributed by atoms with Crippen LogP contribution in [-0.2, 0) is 28.6 Å². The molecule has 6 nitrogen and oxygen atoms in total. The molecule has 0 aromatic heterocycles. The summed E-state index contributed by atoms with van der Waals surface area (Å²) in [4.78, 5) is 39.5. The average Bonchev–Trinajstić information content (AvgIpc) is 3.47. The van der Waals surface area contributed by atoms with Gasteiger partial charge in [0.15, 0.2) is 0 Å². The molecule has 0 aliphatic heterocycles. The molecule has 0 fully saturated rings. The van der Waals surface area contributed by atoms with Crippen molar-refractivity contribution in [3.63, 3.8) is 0 Å². The summed E-state index contributed by atoms with van der Waals surface area (Å²) in [6, 6.07) is 30.8. The van der Waals surface area contributed by atoms with Crippen LogP contribution in [0.5, 0.6) is 0 Å². The number of esters is 2. The summed E-state index contributed by atoms with van der Waals surface area (Å²) < 4.78 is 17.2. The number of fused-ring (bicyclic) bond motifs is 6. The molecule has 6 heteroatoms. The van der Waals surface area contributed by atoms with E-state index < -0.39 is 41.6 Å². The number of benzene rings is 4. The normalized spacial score (nSPS) is 15.1. The topological polar surface area (TPSA) is 78.9 Å². The number of carbonyl (C=O) groups excluding carboxylic acids is 3. The summed E-state index contributed by atoms with van der Waals surface area (Å²) >= 11 is 0. The molecule has 4 aromatic rings. The first-order chi connectivity index (χ1) is 19.8. The van der Waals surface area contributed by atoms with E-state index in [4.69, 9.17) is 14.2 Å². The van der Waals surface area contributed by atoms with Crippen LogP contribution in [0.25, 0.3) is 22.3 Å². The molecular formula is C35H29O6. The second-order valence-corrected chi connectivity index (χ2v) is 11.3. The van der Waals surface area contributed by atoms with Crippen molar-refractivity contribution in [2.24, 2.45) is 0 Å². The Labute approximate surface area is 238 Å². The van der Waals surface area contributed by atoms with Gasteiger partial charge in [0.2, 0.25) is 12.2 Å². The number of ether oxygens (including phenoxy) is 3. The monoisotopic (exact) mass is 545 g/mol. The maximum atomic E-state index is 14.1. The van der Waals surface area contributed by atoms with Crippen LogP contribution in [0.15, 0.2) is 97.1 Å². The molecular weight excluding hydrogens is 516 g/mol. The average molecular weight is 546 g/mol. The zero-order valence-corrected chi connectivity index (χ0v) is 23.0. The van der Waals surface area contributed by atoms with E-state index >= 15 is 0 Å². The van der Waals surface area contributed by atoms with E-state index in [1.54, 1.807) is 20.8 Å². The minimum absolute atomic E-state index is 0.606. The lowest BCUT2D eigenvalue weighted by Crippen LogP contribution is -2.42. The zero-order valence-electron chi connectivity index (χ0n) is 23.0. The van der Waals surface area contributed by atoms with Crippen molar-refractivity contribution in [1.29, 1.82) is 0 Å². The van der Waals surface area contributed by atoms with E-state index in [9.17, 15) is 14.4 Å². The van der Waals surface area contributed by atoms with Crippen LogP contribution in [0, 0.1) is 0 Å². The van der Waals surface area contributed by atoms with Gasteiger partial charge in [-0.2, -0.15) is 0 Å². The second-order valence-electron chi connectivity index (χ2n) is 11.3. The summed E-state index contributed by atoms with van der Waals surface area (Å²) in [6.45, 7) is 6.75. The lowest BCUT2D eigenvalue weighted by molar-refractivity contribution is -0.180. The highest BCUT2D eigenvalue weighted by Gasteiger charge is 2.46. The molecule has 0 saturated carbocycles. The molecule has 2 unspecified atom stereocenters. The molecule has 2 aliphatic carbocycles. The fourth-order valence-corrected chi connectivity index (χ4v) is 6.15. The highest BCUT2D eigenvalue weighted by atomic mass is 16.6. The van der Waals surface area contributed by atoms with Gasteiger partial charge in [0.1, 0.15) is 5.60 Å². The van der Waals surface area contributed by atoms with E-state index in [1.165, 1.54) is 6.47 Å². The molecule has 1 radical (unpaired) electrons. The van der Waals surface area contributed by atoms with Gasteiger partial charge in [-0.3, -0.25) is 0 Å². The lowest BCUT2D eigenvalue weighted by atomic mass is 9.89. The molecule has 0 N–H and O–H groups in total. The van der Waals surface area contributed by atoms with E-state index in [2.05, 4.69) is 0 Å². The van der Waals surface area contributed by atoms with Crippen molar-refractivity contribution in [2.45, 2.75) is 50.4 Å². The molecule has 6 rings (SSSR count). The van der Waals surface area contributed by atoms with Crippen LogP contribution in [0.4, 0.5) is 0 Å². The fourth-order valence-electron chi connectivity index (χ4n) is 6.15. The molecule has 41 heavy (non-hydrogen) atoms. The minimum atomic E-state index is -1.37. The Hall–Kier alpha value is -4.71. The molecule has 0 amide bonds. The van der Waals surface area contributed by atoms with E-state index in [1.807, 2.05) is 97.1 Å². The third-order valence-electron chi connectivity index (χ3n) is 7.66. The van der Waals surface area contributed by atoms with Crippen LogP contribution >= 0.6 is 0 Å². The molecule has 0 spiro atoms. The van der Waals surface area contributed by atoms with Crippen molar-refractivity contribution >= 4 is 18.4 Å². The van der Waals surface area contributed by atoms with Gasteiger partial charge in [-0.25, -0.2) is 14.4 Å². The first-order valence-electron chi connectivity index (χ1n) is 13.6. The van der Waals surface area contributed by atoms with Crippen LogP contribution in [-0.4, -0.2) is 36.2 Å². The van der Waals surface area contributed by atoms with Gasteiger partial charge >= 0.3 is 18.4 Å². The van der Waals surface area contributed by atoms with Gasteiger partial charge in [0.05, 0.1) is 11.8 Å². The van der Waals surface area contributed by atoms with Crippen LogP contribution < -0.4 is 0 Å². The summed E-state index contributed by atoms with van der Waals surface area (Å²) in [5, 5.41) is 0. The zero-order chi connectivity index (χ0) is 28.7. The Morgan fingerprint density at radius 1 is 0.610 bits per heavy atom. The first-order valence-corrected chi connectivity index (χ1v) is 13.6. The Morgan fingerprint density at radius 3 is 1.34 bits per heavy atom. The smallest absolute Gasteiger partial charge is 0.418 e. The summed E-state index contributed by atoms with van der Waals surface area (Å²) in [7, 11) is 0. The van der Waals surface area contributed by atoms with Crippen molar-refractivity contribution < 1.29 is 28.6 Å². The third kappa shape index (κ3) is 4.69. The van der Waals surface area contributed by atoms with Crippen LogP contribution in [0.1, 0.15) is 54.9 Å². The summed E-state index contributed by atoms with van der Waals surface area (Å²) in [5.41, 5.74) is 6.37. The number of rotatable bonds is 7. The van der Waals surface area contributed by atoms with Crippen molar-refractivity contribution in [1.82, 2.24) is 0 Å². The van der Waals surface area contributed by atoms with Gasteiger partial charge in [0.25, 0.3) is 0 Å². The molecule has 0 heterocycles. The molecule has 2 atom stereocenters. The van der Waals surface area contributed by atoms with Gasteiger partial charge < -0.3 is 14.2 Å². The van der Waals surface area contributed by atoms with Crippen molar-refractivity contribution in [3.8, 4) is 22.3 Å². The van der Waals surface area contributed by atoms with Crippen molar-refractivity contribution in [2.75, 3.05) is 0 Å². The van der Waals surface area contributed by atoms with Crippen LogP contribution in [0.3, 0.4) is 0 Å². The largest absolute Gasteiger partial charge is 0.457 e. The second kappa shape index (κ2) is 10.4. The van der Waals surface area contributed by atoms with Crippen LogP contribution in [0.2, 0.25) is 0 Å². The lowest BCUT2D eigenvalue weighted by Gasteiger charge is -2.30. The molecule has 0 bridgehead atoms. The van der Waals surface area contributed by atoms with E-state index in [0.29, 0.717) is 0 Å². The highest BCUT2D eigenvalue weighted by molar-refractivity contribution is 5.90. The highest BCUT2D eigenvalue weighted by Crippen LogP contribution is 2.49. The summed E-state index contributed by atoms with van der Waals surface area (Å²) in [6.07, 6.45) is -2.69. The van der Waals surface area contributed by atoms with Crippen molar-refractivity contribution in [3.05, 3.63) is 119 Å². The van der Waals surface area contributed by atoms with Gasteiger partial charge in [0, 0.05) is 0 Å². The Kier molecular flexibility index (Phi) is 6.70. The minimum Gasteiger partial charge on any atom is -0.457 e. The predicted molar refractivity (Wildman–Crippen MR) is 154 cm³/mol. The quantitative estimate of drug-likeness (QED) is 0.200.